The average Bonchev–Trinajstić information content (AvgIpc) is 3.13. The fourth-order valence-electron chi connectivity index (χ4n) is 4.49. The largest absolute Gasteiger partial charge is 0.288 e. The SMILES string of the molecule is CC1(C)c2ccccc2-[n+]2ccc(C=CC(F)C=C3C(=O)c4ccccc4S3(=O)=O)cc21. The minimum atomic E-state index is -3.99. The van der Waals surface area contributed by atoms with E-state index in [1.165, 1.54) is 23.8 Å². The summed E-state index contributed by atoms with van der Waals surface area (Å²) in [5.74, 6) is -0.662. The van der Waals surface area contributed by atoms with Gasteiger partial charge in [0.15, 0.2) is 11.9 Å². The van der Waals surface area contributed by atoms with Crippen LogP contribution < -0.4 is 4.57 Å². The third-order valence-corrected chi connectivity index (χ3v) is 8.01. The van der Waals surface area contributed by atoms with Gasteiger partial charge in [0.05, 0.1) is 10.3 Å². The summed E-state index contributed by atoms with van der Waals surface area (Å²) >= 11 is 0. The molecule has 2 aliphatic heterocycles. The highest BCUT2D eigenvalue weighted by Gasteiger charge is 2.43. The van der Waals surface area contributed by atoms with Crippen molar-refractivity contribution in [3.05, 3.63) is 106 Å². The van der Waals surface area contributed by atoms with Gasteiger partial charge in [0.1, 0.15) is 11.1 Å². The molecule has 1 atom stereocenters. The van der Waals surface area contributed by atoms with Gasteiger partial charge in [-0.1, -0.05) is 36.4 Å². The highest BCUT2D eigenvalue weighted by molar-refractivity contribution is 7.97. The number of hydrogen-bond acceptors (Lipinski definition) is 3. The van der Waals surface area contributed by atoms with Crippen LogP contribution in [-0.4, -0.2) is 20.4 Å². The van der Waals surface area contributed by atoms with Crippen molar-refractivity contribution in [2.45, 2.75) is 30.3 Å². The highest BCUT2D eigenvalue weighted by Crippen LogP contribution is 2.38. The standard InChI is InChI=1S/C26H21FNO3S/c1-26(2)20-8-4-5-9-21(20)28-14-13-17(15-24(26)28)11-12-18(27)16-23-25(29)19-7-3-6-10-22(19)32(23,30)31/h3-16,18H,1-2H3/q+1. The van der Waals surface area contributed by atoms with Gasteiger partial charge in [-0.25, -0.2) is 12.8 Å². The smallest absolute Gasteiger partial charge is 0.215 e. The number of halogens is 1. The third kappa shape index (κ3) is 2.98. The molecule has 4 nitrogen and oxygen atoms in total. The van der Waals surface area contributed by atoms with Crippen LogP contribution in [0, 0.1) is 0 Å². The van der Waals surface area contributed by atoms with Crippen molar-refractivity contribution < 1.29 is 22.2 Å². The van der Waals surface area contributed by atoms with Crippen molar-refractivity contribution >= 4 is 21.7 Å². The lowest BCUT2D eigenvalue weighted by molar-refractivity contribution is -0.599. The van der Waals surface area contributed by atoms with Crippen LogP contribution in [0.4, 0.5) is 4.39 Å². The number of hydrogen-bond donors (Lipinski definition) is 0. The van der Waals surface area contributed by atoms with E-state index in [-0.39, 0.29) is 15.9 Å². The van der Waals surface area contributed by atoms with E-state index in [0.29, 0.717) is 0 Å². The zero-order chi connectivity index (χ0) is 22.7. The first kappa shape index (κ1) is 20.5. The van der Waals surface area contributed by atoms with E-state index < -0.39 is 26.7 Å². The Balaban J connectivity index is 1.44. The molecular formula is C26H21FNO3S+. The molecule has 160 valence electrons. The topological polar surface area (TPSA) is 55.1 Å². The maximum Gasteiger partial charge on any atom is 0.215 e. The number of rotatable bonds is 3. The second-order valence-electron chi connectivity index (χ2n) is 8.52. The number of pyridine rings is 1. The Hall–Kier alpha value is -3.38. The fraction of sp³-hybridized carbons (Fsp3) is 0.154. The Morgan fingerprint density at radius 2 is 1.75 bits per heavy atom. The van der Waals surface area contributed by atoms with Crippen LogP contribution in [0.2, 0.25) is 0 Å². The molecule has 0 bridgehead atoms. The Kier molecular flexibility index (Phi) is 4.53. The summed E-state index contributed by atoms with van der Waals surface area (Å²) in [4.78, 5) is 11.9. The monoisotopic (exact) mass is 446 g/mol. The second kappa shape index (κ2) is 7.07. The number of alkyl halides is 1. The maximum absolute atomic E-state index is 14.7. The van der Waals surface area contributed by atoms with Gasteiger partial charge in [-0.15, -0.1) is 0 Å². The maximum atomic E-state index is 14.7. The van der Waals surface area contributed by atoms with Crippen molar-refractivity contribution in [1.29, 1.82) is 0 Å². The molecule has 0 aliphatic carbocycles. The highest BCUT2D eigenvalue weighted by atomic mass is 32.2. The zero-order valence-corrected chi connectivity index (χ0v) is 18.4. The molecule has 0 saturated carbocycles. The molecule has 0 N–H and O–H groups in total. The lowest BCUT2D eigenvalue weighted by Crippen LogP contribution is -2.34. The molecule has 0 amide bonds. The molecule has 1 aromatic heterocycles. The summed E-state index contributed by atoms with van der Waals surface area (Å²) in [5, 5.41) is 0. The van der Waals surface area contributed by atoms with Gasteiger partial charge < -0.3 is 0 Å². The van der Waals surface area contributed by atoms with Crippen LogP contribution in [0.3, 0.4) is 0 Å². The molecule has 2 aromatic carbocycles. The summed E-state index contributed by atoms with van der Waals surface area (Å²) in [7, 11) is -3.99. The summed E-state index contributed by atoms with van der Waals surface area (Å²) in [6.45, 7) is 4.30. The number of Topliss-reactive ketones (excluding diaryl/α,β-unsaturated/α-hetero) is 1. The molecule has 5 rings (SSSR count). The van der Waals surface area contributed by atoms with Crippen LogP contribution in [-0.2, 0) is 15.3 Å². The summed E-state index contributed by atoms with van der Waals surface area (Å²) < 4.78 is 42.1. The Morgan fingerprint density at radius 1 is 1.03 bits per heavy atom. The molecule has 0 saturated heterocycles. The van der Waals surface area contributed by atoms with Crippen molar-refractivity contribution in [2.75, 3.05) is 0 Å². The van der Waals surface area contributed by atoms with E-state index in [0.717, 1.165) is 23.0 Å². The van der Waals surface area contributed by atoms with Gasteiger partial charge >= 0.3 is 0 Å². The molecule has 0 fully saturated rings. The number of para-hydroxylation sites is 1. The van der Waals surface area contributed by atoms with Gasteiger partial charge in [-0.2, -0.15) is 4.57 Å². The molecule has 3 aromatic rings. The van der Waals surface area contributed by atoms with E-state index in [9.17, 15) is 17.6 Å². The number of benzene rings is 2. The van der Waals surface area contributed by atoms with Crippen LogP contribution in [0.25, 0.3) is 11.8 Å². The van der Waals surface area contributed by atoms with Crippen molar-refractivity contribution in [1.82, 2.24) is 0 Å². The molecule has 3 heterocycles. The molecule has 1 unspecified atom stereocenters. The number of sulfone groups is 1. The number of carbonyl (C=O) groups is 1. The Morgan fingerprint density at radius 3 is 2.53 bits per heavy atom. The minimum Gasteiger partial charge on any atom is -0.288 e. The van der Waals surface area contributed by atoms with Gasteiger partial charge in [0, 0.05) is 29.3 Å². The average molecular weight is 447 g/mol. The van der Waals surface area contributed by atoms with E-state index >= 15 is 0 Å². The van der Waals surface area contributed by atoms with Gasteiger partial charge in [-0.05, 0) is 43.7 Å². The van der Waals surface area contributed by atoms with Crippen LogP contribution >= 0.6 is 0 Å². The molecule has 0 radical (unpaired) electrons. The van der Waals surface area contributed by atoms with Gasteiger partial charge in [0.2, 0.25) is 21.3 Å². The molecule has 6 heteroatoms. The molecular weight excluding hydrogens is 425 g/mol. The Bertz CT molecular complexity index is 1450. The molecule has 0 spiro atoms. The van der Waals surface area contributed by atoms with Gasteiger partial charge in [0.25, 0.3) is 0 Å². The number of fused-ring (bicyclic) bond motifs is 4. The van der Waals surface area contributed by atoms with Crippen molar-refractivity contribution in [3.8, 4) is 5.69 Å². The summed E-state index contributed by atoms with van der Waals surface area (Å²) in [6, 6.07) is 18.0. The number of nitrogens with zero attached hydrogens (tertiary/aromatic N) is 1. The number of carbonyl (C=O) groups excluding carboxylic acids is 1. The summed E-state index contributed by atoms with van der Waals surface area (Å²) in [5.41, 5.74) is 4.11. The van der Waals surface area contributed by atoms with E-state index in [1.807, 2.05) is 30.5 Å². The fourth-order valence-corrected chi connectivity index (χ4v) is 6.10. The lowest BCUT2D eigenvalue weighted by Gasteiger charge is -2.14. The number of ketones is 1. The molecule has 32 heavy (non-hydrogen) atoms. The lowest BCUT2D eigenvalue weighted by atomic mass is 9.83. The predicted octanol–water partition coefficient (Wildman–Crippen LogP) is 4.51. The van der Waals surface area contributed by atoms with Crippen LogP contribution in [0.15, 0.2) is 88.8 Å². The number of aromatic nitrogens is 1. The third-order valence-electron chi connectivity index (χ3n) is 6.17. The number of allylic oxidation sites excluding steroid dienone is 3. The summed E-state index contributed by atoms with van der Waals surface area (Å²) in [6.07, 6.45) is 4.00. The normalized spacial score (nSPS) is 19.7. The first-order chi connectivity index (χ1) is 15.2. The van der Waals surface area contributed by atoms with E-state index in [2.05, 4.69) is 30.5 Å². The zero-order valence-electron chi connectivity index (χ0n) is 17.6. The first-order valence-electron chi connectivity index (χ1n) is 10.3. The van der Waals surface area contributed by atoms with Crippen LogP contribution in [0.5, 0.6) is 0 Å². The first-order valence-corrected chi connectivity index (χ1v) is 11.8. The van der Waals surface area contributed by atoms with Crippen molar-refractivity contribution in [2.24, 2.45) is 0 Å². The quantitative estimate of drug-likeness (QED) is 0.440. The van der Waals surface area contributed by atoms with Crippen LogP contribution in [0.1, 0.15) is 41.0 Å². The van der Waals surface area contributed by atoms with Crippen molar-refractivity contribution in [3.63, 3.8) is 0 Å². The second-order valence-corrected chi connectivity index (χ2v) is 10.4. The minimum absolute atomic E-state index is 0.0649. The predicted molar refractivity (Wildman–Crippen MR) is 120 cm³/mol. The van der Waals surface area contributed by atoms with Gasteiger partial charge in [-0.3, -0.25) is 4.79 Å². The van der Waals surface area contributed by atoms with E-state index in [4.69, 9.17) is 0 Å². The molecule has 2 aliphatic rings. The van der Waals surface area contributed by atoms with E-state index in [1.54, 1.807) is 18.2 Å². The Labute approximate surface area is 186 Å².